The summed E-state index contributed by atoms with van der Waals surface area (Å²) >= 11 is 1.36. The Hall–Kier alpha value is -2.45. The van der Waals surface area contributed by atoms with Gasteiger partial charge in [-0.25, -0.2) is 4.39 Å². The zero-order chi connectivity index (χ0) is 21.3. The summed E-state index contributed by atoms with van der Waals surface area (Å²) < 4.78 is 22.9. The Balaban J connectivity index is 1.44. The Kier molecular flexibility index (Phi) is 6.06. The second kappa shape index (κ2) is 8.73. The summed E-state index contributed by atoms with van der Waals surface area (Å²) in [6.07, 6.45) is 2.40. The Morgan fingerprint density at radius 1 is 1.27 bits per heavy atom. The van der Waals surface area contributed by atoms with Crippen LogP contribution in [-0.4, -0.2) is 43.6 Å². The zero-order valence-electron chi connectivity index (χ0n) is 17.4. The number of thioether (sulfide) groups is 1. The van der Waals surface area contributed by atoms with Crippen molar-refractivity contribution < 1.29 is 13.9 Å². The average molecular weight is 429 g/mol. The van der Waals surface area contributed by atoms with Gasteiger partial charge in [0.05, 0.1) is 11.9 Å². The summed E-state index contributed by atoms with van der Waals surface area (Å²) in [6, 6.07) is 8.09. The van der Waals surface area contributed by atoms with E-state index in [1.54, 1.807) is 12.1 Å². The molecule has 6 nitrogen and oxygen atoms in total. The molecule has 1 aliphatic rings. The van der Waals surface area contributed by atoms with Gasteiger partial charge in [0.15, 0.2) is 16.8 Å². The maximum atomic E-state index is 13.2. The quantitative estimate of drug-likeness (QED) is 0.417. The van der Waals surface area contributed by atoms with E-state index < -0.39 is 0 Å². The molecule has 0 N–H and O–H groups in total. The molecule has 1 unspecified atom stereocenters. The van der Waals surface area contributed by atoms with Gasteiger partial charge in [0.1, 0.15) is 5.82 Å². The van der Waals surface area contributed by atoms with Crippen LogP contribution in [0.5, 0.6) is 0 Å². The van der Waals surface area contributed by atoms with Crippen LogP contribution in [0.3, 0.4) is 0 Å². The number of rotatable bonds is 7. The Labute approximate surface area is 179 Å². The van der Waals surface area contributed by atoms with E-state index in [9.17, 15) is 9.18 Å². The normalized spacial score (nSPS) is 16.3. The third kappa shape index (κ3) is 4.20. The topological polar surface area (TPSA) is 61.9 Å². The fraction of sp³-hybridized carbons (Fsp3) is 0.409. The third-order valence-corrected chi connectivity index (χ3v) is 6.57. The van der Waals surface area contributed by atoms with Crippen LogP contribution < -0.4 is 0 Å². The maximum absolute atomic E-state index is 13.2. The number of carbonyl (C=O) groups excluding carboxylic acids is 1. The van der Waals surface area contributed by atoms with Crippen molar-refractivity contribution in [2.75, 3.05) is 12.4 Å². The molecule has 3 heterocycles. The fourth-order valence-electron chi connectivity index (χ4n) is 3.86. The van der Waals surface area contributed by atoms with E-state index in [4.69, 9.17) is 4.74 Å². The predicted molar refractivity (Wildman–Crippen MR) is 114 cm³/mol. The summed E-state index contributed by atoms with van der Waals surface area (Å²) in [7, 11) is 1.85. The van der Waals surface area contributed by atoms with Gasteiger partial charge in [-0.15, -0.1) is 10.2 Å². The van der Waals surface area contributed by atoms with E-state index in [2.05, 4.69) is 14.8 Å². The molecule has 1 aliphatic heterocycles. The number of hydrogen-bond donors (Lipinski definition) is 0. The van der Waals surface area contributed by atoms with Gasteiger partial charge >= 0.3 is 0 Å². The minimum Gasteiger partial charge on any atom is -0.376 e. The van der Waals surface area contributed by atoms with Crippen molar-refractivity contribution in [2.45, 2.75) is 44.5 Å². The van der Waals surface area contributed by atoms with Crippen LogP contribution in [0.15, 0.2) is 35.5 Å². The second-order valence-electron chi connectivity index (χ2n) is 7.61. The van der Waals surface area contributed by atoms with Crippen LogP contribution in [0.4, 0.5) is 4.39 Å². The molecule has 0 aliphatic carbocycles. The van der Waals surface area contributed by atoms with E-state index >= 15 is 0 Å². The summed E-state index contributed by atoms with van der Waals surface area (Å²) in [4.78, 5) is 12.9. The summed E-state index contributed by atoms with van der Waals surface area (Å²) in [5, 5.41) is 9.05. The SMILES string of the molecule is Cc1cc(C(=O)CSc2nnc(-c3ccc(F)cc3)n2C)c(C)n1CC1CCCO1. The largest absolute Gasteiger partial charge is 0.376 e. The number of hydrogen-bond acceptors (Lipinski definition) is 5. The summed E-state index contributed by atoms with van der Waals surface area (Å²) in [5.74, 6) is 0.690. The molecule has 0 radical (unpaired) electrons. The van der Waals surface area contributed by atoms with Crippen molar-refractivity contribution in [1.82, 2.24) is 19.3 Å². The van der Waals surface area contributed by atoms with Gasteiger partial charge in [-0.1, -0.05) is 11.8 Å². The number of aryl methyl sites for hydroxylation is 1. The van der Waals surface area contributed by atoms with Crippen molar-refractivity contribution in [3.63, 3.8) is 0 Å². The van der Waals surface area contributed by atoms with Crippen molar-refractivity contribution in [1.29, 1.82) is 0 Å². The maximum Gasteiger partial charge on any atom is 0.191 e. The number of benzene rings is 1. The first kappa shape index (κ1) is 20.8. The van der Waals surface area contributed by atoms with Crippen molar-refractivity contribution in [3.8, 4) is 11.4 Å². The first-order valence-electron chi connectivity index (χ1n) is 10.0. The highest BCUT2D eigenvalue weighted by atomic mass is 32.2. The lowest BCUT2D eigenvalue weighted by Crippen LogP contribution is -2.17. The predicted octanol–water partition coefficient (Wildman–Crippen LogP) is 4.19. The molecule has 0 saturated carbocycles. The molecular weight excluding hydrogens is 403 g/mol. The lowest BCUT2D eigenvalue weighted by Gasteiger charge is -2.14. The van der Waals surface area contributed by atoms with E-state index in [0.717, 1.165) is 48.5 Å². The summed E-state index contributed by atoms with van der Waals surface area (Å²) in [5.41, 5.74) is 3.59. The van der Waals surface area contributed by atoms with E-state index in [-0.39, 0.29) is 23.5 Å². The third-order valence-electron chi connectivity index (χ3n) is 5.55. The van der Waals surface area contributed by atoms with Gasteiger partial charge in [-0.2, -0.15) is 0 Å². The first-order valence-corrected chi connectivity index (χ1v) is 11.0. The number of carbonyl (C=O) groups is 1. The minimum atomic E-state index is -0.293. The molecule has 0 bridgehead atoms. The number of Topliss-reactive ketones (excluding diaryl/α,β-unsaturated/α-hetero) is 1. The molecule has 0 spiro atoms. The second-order valence-corrected chi connectivity index (χ2v) is 8.56. The van der Waals surface area contributed by atoms with Crippen LogP contribution >= 0.6 is 11.8 Å². The smallest absolute Gasteiger partial charge is 0.191 e. The highest BCUT2D eigenvalue weighted by Gasteiger charge is 2.22. The van der Waals surface area contributed by atoms with Gasteiger partial charge in [0.25, 0.3) is 0 Å². The van der Waals surface area contributed by atoms with Gasteiger partial charge in [-0.3, -0.25) is 4.79 Å². The Morgan fingerprint density at radius 3 is 2.73 bits per heavy atom. The first-order chi connectivity index (χ1) is 14.4. The van der Waals surface area contributed by atoms with Crippen LogP contribution in [0.1, 0.15) is 34.6 Å². The van der Waals surface area contributed by atoms with Crippen LogP contribution in [0, 0.1) is 19.7 Å². The molecule has 3 aromatic rings. The molecule has 1 fully saturated rings. The number of aromatic nitrogens is 4. The molecule has 8 heteroatoms. The fourth-order valence-corrected chi connectivity index (χ4v) is 4.65. The van der Waals surface area contributed by atoms with Gasteiger partial charge in [0.2, 0.25) is 0 Å². The average Bonchev–Trinajstić information content (AvgIpc) is 3.44. The molecule has 1 aromatic carbocycles. The van der Waals surface area contributed by atoms with Crippen molar-refractivity contribution in [3.05, 3.63) is 53.1 Å². The Bertz CT molecular complexity index is 1050. The number of ketones is 1. The number of nitrogens with zero attached hydrogens (tertiary/aromatic N) is 4. The number of halogens is 1. The highest BCUT2D eigenvalue weighted by Crippen LogP contribution is 2.25. The molecular formula is C22H25FN4O2S. The molecule has 158 valence electrons. The molecule has 1 saturated heterocycles. The van der Waals surface area contributed by atoms with E-state index in [1.807, 2.05) is 31.5 Å². The number of ether oxygens (including phenoxy) is 1. The zero-order valence-corrected chi connectivity index (χ0v) is 18.2. The van der Waals surface area contributed by atoms with Crippen LogP contribution in [0.25, 0.3) is 11.4 Å². The lowest BCUT2D eigenvalue weighted by atomic mass is 10.2. The van der Waals surface area contributed by atoms with Crippen molar-refractivity contribution >= 4 is 17.5 Å². The molecule has 30 heavy (non-hydrogen) atoms. The molecule has 4 rings (SSSR count). The van der Waals surface area contributed by atoms with Crippen LogP contribution in [-0.2, 0) is 18.3 Å². The molecule has 0 amide bonds. The Morgan fingerprint density at radius 2 is 2.03 bits per heavy atom. The monoisotopic (exact) mass is 428 g/mol. The van der Waals surface area contributed by atoms with Gasteiger partial charge < -0.3 is 13.9 Å². The van der Waals surface area contributed by atoms with Gasteiger partial charge in [-0.05, 0) is 57.0 Å². The highest BCUT2D eigenvalue weighted by molar-refractivity contribution is 7.99. The van der Waals surface area contributed by atoms with E-state index in [0.29, 0.717) is 11.0 Å². The van der Waals surface area contributed by atoms with Crippen LogP contribution in [0.2, 0.25) is 0 Å². The standard InChI is InChI=1S/C22H25FN4O2S/c1-14-11-19(15(2)27(14)12-18-5-4-10-29-18)20(28)13-30-22-25-24-21(26(22)3)16-6-8-17(23)9-7-16/h6-9,11,18H,4-5,10,12-13H2,1-3H3. The van der Waals surface area contributed by atoms with Crippen molar-refractivity contribution in [2.24, 2.45) is 7.05 Å². The lowest BCUT2D eigenvalue weighted by molar-refractivity contribution is 0.0957. The summed E-state index contributed by atoms with van der Waals surface area (Å²) in [6.45, 7) is 5.64. The van der Waals surface area contributed by atoms with Gasteiger partial charge in [0, 0.05) is 42.7 Å². The van der Waals surface area contributed by atoms with E-state index in [1.165, 1.54) is 23.9 Å². The molecule has 2 aromatic heterocycles. The molecule has 1 atom stereocenters. The minimum absolute atomic E-state index is 0.0676.